The molecule has 0 saturated heterocycles. The van der Waals surface area contributed by atoms with E-state index in [1.165, 1.54) is 12.5 Å². The smallest absolute Gasteiger partial charge is 0.309 e. The van der Waals surface area contributed by atoms with Crippen LogP contribution in [0.3, 0.4) is 0 Å². The fourth-order valence-corrected chi connectivity index (χ4v) is 2.17. The molecule has 0 bridgehead atoms. The van der Waals surface area contributed by atoms with Gasteiger partial charge in [0.2, 0.25) is 0 Å². The van der Waals surface area contributed by atoms with Gasteiger partial charge in [-0.05, 0) is 18.9 Å². The van der Waals surface area contributed by atoms with Crippen molar-refractivity contribution in [1.82, 2.24) is 10.6 Å². The van der Waals surface area contributed by atoms with Gasteiger partial charge >= 0.3 is 11.8 Å². The van der Waals surface area contributed by atoms with Crippen LogP contribution in [0.5, 0.6) is 0 Å². The Hall–Kier alpha value is -1.82. The van der Waals surface area contributed by atoms with Crippen molar-refractivity contribution in [2.24, 2.45) is 0 Å². The molecule has 19 heavy (non-hydrogen) atoms. The summed E-state index contributed by atoms with van der Waals surface area (Å²) < 4.78 is 4.83. The van der Waals surface area contributed by atoms with Crippen molar-refractivity contribution >= 4 is 11.8 Å². The molecule has 1 fully saturated rings. The molecule has 1 aromatic rings. The Balaban J connectivity index is 1.72. The highest BCUT2D eigenvalue weighted by Crippen LogP contribution is 2.17. The van der Waals surface area contributed by atoms with Gasteiger partial charge < -0.3 is 20.2 Å². The molecule has 6 heteroatoms. The van der Waals surface area contributed by atoms with Crippen LogP contribution in [-0.4, -0.2) is 29.5 Å². The zero-order valence-corrected chi connectivity index (χ0v) is 10.6. The van der Waals surface area contributed by atoms with Crippen LogP contribution in [0, 0.1) is 0 Å². The molecule has 1 aliphatic rings. The highest BCUT2D eigenvalue weighted by Gasteiger charge is 2.21. The van der Waals surface area contributed by atoms with E-state index in [2.05, 4.69) is 10.6 Å². The average Bonchev–Trinajstić information content (AvgIpc) is 3.07. The molecule has 1 saturated carbocycles. The summed E-state index contributed by atoms with van der Waals surface area (Å²) in [6.45, 7) is -0.0174. The van der Waals surface area contributed by atoms with Gasteiger partial charge in [0.25, 0.3) is 0 Å². The highest BCUT2D eigenvalue weighted by atomic mass is 16.3. The molecule has 2 rings (SSSR count). The number of amides is 2. The number of aliphatic hydroxyl groups excluding tert-OH is 1. The standard InChI is InChI=1S/C13H18N2O4/c16-11(9-5-6-19-8-9)7-14-12(17)13(18)15-10-3-1-2-4-10/h5-6,8,10-11,16H,1-4,7H2,(H,14,17)(H,15,18)/t11-/m1/s1. The molecule has 3 N–H and O–H groups in total. The minimum Gasteiger partial charge on any atom is -0.472 e. The lowest BCUT2D eigenvalue weighted by Gasteiger charge is -2.13. The third kappa shape index (κ3) is 3.82. The van der Waals surface area contributed by atoms with Gasteiger partial charge in [-0.1, -0.05) is 12.8 Å². The van der Waals surface area contributed by atoms with Crippen LogP contribution in [0.1, 0.15) is 37.4 Å². The zero-order valence-electron chi connectivity index (χ0n) is 10.6. The molecule has 6 nitrogen and oxygen atoms in total. The normalized spacial score (nSPS) is 17.1. The summed E-state index contributed by atoms with van der Waals surface area (Å²) in [5.74, 6) is -1.35. The van der Waals surface area contributed by atoms with E-state index in [1.54, 1.807) is 6.07 Å². The third-order valence-electron chi connectivity index (χ3n) is 3.28. The maximum absolute atomic E-state index is 11.6. The predicted octanol–water partition coefficient (Wildman–Crippen LogP) is 0.488. The van der Waals surface area contributed by atoms with Crippen LogP contribution >= 0.6 is 0 Å². The number of carbonyl (C=O) groups is 2. The van der Waals surface area contributed by atoms with Crippen LogP contribution in [-0.2, 0) is 9.59 Å². The molecule has 104 valence electrons. The second kappa shape index (κ2) is 6.38. The minimum absolute atomic E-state index is 0.0174. The molecule has 0 radical (unpaired) electrons. The van der Waals surface area contributed by atoms with E-state index in [1.807, 2.05) is 0 Å². The van der Waals surface area contributed by atoms with Gasteiger partial charge in [0.1, 0.15) is 0 Å². The third-order valence-corrected chi connectivity index (χ3v) is 3.28. The first-order chi connectivity index (χ1) is 9.16. The van der Waals surface area contributed by atoms with Crippen molar-refractivity contribution in [3.63, 3.8) is 0 Å². The highest BCUT2D eigenvalue weighted by molar-refractivity contribution is 6.35. The number of carbonyl (C=O) groups excluding carboxylic acids is 2. The van der Waals surface area contributed by atoms with Crippen LogP contribution in [0.25, 0.3) is 0 Å². The maximum Gasteiger partial charge on any atom is 0.309 e. The minimum atomic E-state index is -0.873. The summed E-state index contributed by atoms with van der Waals surface area (Å²) >= 11 is 0. The Bertz CT molecular complexity index is 424. The van der Waals surface area contributed by atoms with E-state index >= 15 is 0 Å². The van der Waals surface area contributed by atoms with E-state index in [0.29, 0.717) is 5.56 Å². The molecule has 0 aliphatic heterocycles. The van der Waals surface area contributed by atoms with Crippen molar-refractivity contribution in [3.05, 3.63) is 24.2 Å². The monoisotopic (exact) mass is 266 g/mol. The van der Waals surface area contributed by atoms with Crippen molar-refractivity contribution < 1.29 is 19.1 Å². The van der Waals surface area contributed by atoms with Crippen LogP contribution in [0.2, 0.25) is 0 Å². The molecular formula is C13H18N2O4. The van der Waals surface area contributed by atoms with Gasteiger partial charge in [-0.25, -0.2) is 0 Å². The van der Waals surface area contributed by atoms with Crippen molar-refractivity contribution in [1.29, 1.82) is 0 Å². The molecule has 2 amide bonds. The molecule has 0 unspecified atom stereocenters. The van der Waals surface area contributed by atoms with Gasteiger partial charge in [-0.3, -0.25) is 9.59 Å². The average molecular weight is 266 g/mol. The summed E-state index contributed by atoms with van der Waals surface area (Å²) in [6.07, 6.45) is 6.00. The molecule has 1 aliphatic carbocycles. The first-order valence-corrected chi connectivity index (χ1v) is 6.45. The molecular weight excluding hydrogens is 248 g/mol. The number of furan rings is 1. The van der Waals surface area contributed by atoms with Crippen LogP contribution in [0.15, 0.2) is 23.0 Å². The Morgan fingerprint density at radius 1 is 1.37 bits per heavy atom. The summed E-state index contributed by atoms with van der Waals surface area (Å²) in [5.41, 5.74) is 0.566. The number of aliphatic hydroxyl groups is 1. The lowest BCUT2D eigenvalue weighted by molar-refractivity contribution is -0.139. The predicted molar refractivity (Wildman–Crippen MR) is 67.1 cm³/mol. The van der Waals surface area contributed by atoms with Gasteiger partial charge in [0.05, 0.1) is 18.6 Å². The fourth-order valence-electron chi connectivity index (χ4n) is 2.17. The largest absolute Gasteiger partial charge is 0.472 e. The van der Waals surface area contributed by atoms with E-state index in [-0.39, 0.29) is 12.6 Å². The van der Waals surface area contributed by atoms with Crippen LogP contribution < -0.4 is 10.6 Å². The first kappa shape index (κ1) is 13.6. The Morgan fingerprint density at radius 2 is 2.11 bits per heavy atom. The summed E-state index contributed by atoms with van der Waals surface area (Å²) in [6, 6.07) is 1.71. The number of rotatable bonds is 4. The van der Waals surface area contributed by atoms with E-state index in [4.69, 9.17) is 4.42 Å². The second-order valence-corrected chi connectivity index (χ2v) is 4.74. The van der Waals surface area contributed by atoms with Gasteiger partial charge in [-0.15, -0.1) is 0 Å². The molecule has 1 aromatic heterocycles. The van der Waals surface area contributed by atoms with Crippen molar-refractivity contribution in [2.75, 3.05) is 6.54 Å². The van der Waals surface area contributed by atoms with Crippen LogP contribution in [0.4, 0.5) is 0 Å². The maximum atomic E-state index is 11.6. The van der Waals surface area contributed by atoms with E-state index < -0.39 is 17.9 Å². The summed E-state index contributed by atoms with van der Waals surface area (Å²) in [5, 5.41) is 14.8. The van der Waals surface area contributed by atoms with Gasteiger partial charge in [0, 0.05) is 18.2 Å². The van der Waals surface area contributed by atoms with Crippen molar-refractivity contribution in [3.8, 4) is 0 Å². The second-order valence-electron chi connectivity index (χ2n) is 4.74. The molecule has 0 aromatic carbocycles. The SMILES string of the molecule is O=C(NC[C@@H](O)c1ccoc1)C(=O)NC1CCCC1. The van der Waals surface area contributed by atoms with E-state index in [9.17, 15) is 14.7 Å². The summed E-state index contributed by atoms with van der Waals surface area (Å²) in [4.78, 5) is 23.1. The Morgan fingerprint density at radius 3 is 2.74 bits per heavy atom. The number of hydrogen-bond donors (Lipinski definition) is 3. The fraction of sp³-hybridized carbons (Fsp3) is 0.538. The van der Waals surface area contributed by atoms with Gasteiger partial charge in [0.15, 0.2) is 0 Å². The number of hydrogen-bond acceptors (Lipinski definition) is 4. The Labute approximate surface area is 111 Å². The lowest BCUT2D eigenvalue weighted by atomic mass is 10.2. The Kier molecular flexibility index (Phi) is 4.57. The molecule has 0 spiro atoms. The lowest BCUT2D eigenvalue weighted by Crippen LogP contribution is -2.44. The molecule has 1 heterocycles. The van der Waals surface area contributed by atoms with E-state index in [0.717, 1.165) is 25.7 Å². The summed E-state index contributed by atoms with van der Waals surface area (Å²) in [7, 11) is 0. The van der Waals surface area contributed by atoms with Crippen molar-refractivity contribution in [2.45, 2.75) is 37.8 Å². The quantitative estimate of drug-likeness (QED) is 0.692. The first-order valence-electron chi connectivity index (χ1n) is 6.45. The topological polar surface area (TPSA) is 91.6 Å². The zero-order chi connectivity index (χ0) is 13.7. The number of nitrogens with one attached hydrogen (secondary N) is 2. The van der Waals surface area contributed by atoms with Gasteiger partial charge in [-0.2, -0.15) is 0 Å². The molecule has 1 atom stereocenters.